The minimum atomic E-state index is -0.141. The second-order valence-corrected chi connectivity index (χ2v) is 8.75. The SMILES string of the molecule is CC(=O)COc1ccc([C@@H]2CC[C@H](C[C@H](C)c3ccc(F)c4ccccc34)C2)cc1. The number of ether oxygens (including phenoxy) is 1. The van der Waals surface area contributed by atoms with E-state index in [1.165, 1.54) is 37.3 Å². The molecule has 0 aliphatic heterocycles. The van der Waals surface area contributed by atoms with Crippen molar-refractivity contribution in [3.05, 3.63) is 77.6 Å². The molecule has 2 nitrogen and oxygen atoms in total. The first-order valence-electron chi connectivity index (χ1n) is 10.9. The Balaban J connectivity index is 1.39. The molecule has 3 aromatic rings. The van der Waals surface area contributed by atoms with Crippen molar-refractivity contribution in [2.24, 2.45) is 5.92 Å². The normalized spacial score (nSPS) is 19.7. The van der Waals surface area contributed by atoms with E-state index in [4.69, 9.17) is 4.74 Å². The Morgan fingerprint density at radius 2 is 1.77 bits per heavy atom. The highest BCUT2D eigenvalue weighted by Gasteiger charge is 2.27. The van der Waals surface area contributed by atoms with Crippen molar-refractivity contribution in [3.63, 3.8) is 0 Å². The average molecular weight is 405 g/mol. The van der Waals surface area contributed by atoms with Crippen LogP contribution < -0.4 is 4.74 Å². The van der Waals surface area contributed by atoms with Gasteiger partial charge in [0.15, 0.2) is 5.78 Å². The summed E-state index contributed by atoms with van der Waals surface area (Å²) in [6.45, 7) is 3.93. The molecule has 1 aliphatic rings. The fourth-order valence-corrected chi connectivity index (χ4v) is 4.96. The molecule has 0 amide bonds. The smallest absolute Gasteiger partial charge is 0.167 e. The molecule has 156 valence electrons. The second-order valence-electron chi connectivity index (χ2n) is 8.75. The van der Waals surface area contributed by atoms with Crippen molar-refractivity contribution in [1.29, 1.82) is 0 Å². The fourth-order valence-electron chi connectivity index (χ4n) is 4.96. The average Bonchev–Trinajstić information content (AvgIpc) is 3.21. The lowest BCUT2D eigenvalue weighted by Crippen LogP contribution is -2.06. The summed E-state index contributed by atoms with van der Waals surface area (Å²) in [5, 5.41) is 1.76. The van der Waals surface area contributed by atoms with E-state index in [1.54, 1.807) is 6.07 Å². The Kier molecular flexibility index (Phi) is 6.17. The third-order valence-electron chi connectivity index (χ3n) is 6.46. The van der Waals surface area contributed by atoms with Gasteiger partial charge in [-0.2, -0.15) is 0 Å². The van der Waals surface area contributed by atoms with Gasteiger partial charge in [-0.15, -0.1) is 0 Å². The van der Waals surface area contributed by atoms with Crippen LogP contribution in [0.3, 0.4) is 0 Å². The maximum absolute atomic E-state index is 14.2. The predicted molar refractivity (Wildman–Crippen MR) is 120 cm³/mol. The van der Waals surface area contributed by atoms with Crippen LogP contribution in [0.2, 0.25) is 0 Å². The van der Waals surface area contributed by atoms with Gasteiger partial charge in [0.1, 0.15) is 18.2 Å². The maximum atomic E-state index is 14.2. The minimum absolute atomic E-state index is 0.0285. The summed E-state index contributed by atoms with van der Waals surface area (Å²) < 4.78 is 19.6. The Morgan fingerprint density at radius 1 is 1.03 bits per heavy atom. The number of hydrogen-bond acceptors (Lipinski definition) is 2. The summed E-state index contributed by atoms with van der Waals surface area (Å²) in [5.74, 6) is 2.30. The van der Waals surface area contributed by atoms with Crippen LogP contribution in [0.25, 0.3) is 10.8 Å². The van der Waals surface area contributed by atoms with Gasteiger partial charge in [-0.25, -0.2) is 4.39 Å². The van der Waals surface area contributed by atoms with Gasteiger partial charge in [-0.3, -0.25) is 4.79 Å². The molecule has 0 saturated heterocycles. The zero-order valence-corrected chi connectivity index (χ0v) is 17.7. The summed E-state index contributed by atoms with van der Waals surface area (Å²) in [6, 6.07) is 19.6. The number of carbonyl (C=O) groups is 1. The molecule has 0 N–H and O–H groups in total. The van der Waals surface area contributed by atoms with Gasteiger partial charge in [0.25, 0.3) is 0 Å². The van der Waals surface area contributed by atoms with Crippen molar-refractivity contribution < 1.29 is 13.9 Å². The third-order valence-corrected chi connectivity index (χ3v) is 6.46. The number of hydrogen-bond donors (Lipinski definition) is 0. The lowest BCUT2D eigenvalue weighted by Gasteiger charge is -2.19. The zero-order chi connectivity index (χ0) is 21.1. The van der Waals surface area contributed by atoms with Crippen LogP contribution in [0.4, 0.5) is 4.39 Å². The van der Waals surface area contributed by atoms with E-state index in [0.717, 1.165) is 22.9 Å². The first-order chi connectivity index (χ1) is 14.5. The Bertz CT molecular complexity index is 1020. The molecule has 3 atom stereocenters. The molecule has 1 aliphatic carbocycles. The highest BCUT2D eigenvalue weighted by atomic mass is 19.1. The third kappa shape index (κ3) is 4.56. The molecular weight excluding hydrogens is 375 g/mol. The van der Waals surface area contributed by atoms with Gasteiger partial charge >= 0.3 is 0 Å². The van der Waals surface area contributed by atoms with Crippen molar-refractivity contribution in [2.75, 3.05) is 6.61 Å². The van der Waals surface area contributed by atoms with Gasteiger partial charge in [0, 0.05) is 5.39 Å². The number of halogens is 1. The van der Waals surface area contributed by atoms with Crippen LogP contribution in [-0.4, -0.2) is 12.4 Å². The van der Waals surface area contributed by atoms with E-state index in [9.17, 15) is 9.18 Å². The quantitative estimate of drug-likeness (QED) is 0.423. The number of rotatable bonds is 7. The van der Waals surface area contributed by atoms with Crippen LogP contribution in [0, 0.1) is 11.7 Å². The Morgan fingerprint density at radius 3 is 2.50 bits per heavy atom. The van der Waals surface area contributed by atoms with Crippen LogP contribution in [0.5, 0.6) is 5.75 Å². The van der Waals surface area contributed by atoms with E-state index >= 15 is 0 Å². The zero-order valence-electron chi connectivity index (χ0n) is 17.7. The topological polar surface area (TPSA) is 26.3 Å². The maximum Gasteiger partial charge on any atom is 0.167 e. The fraction of sp³-hybridized carbons (Fsp3) is 0.370. The lowest BCUT2D eigenvalue weighted by molar-refractivity contribution is -0.118. The molecule has 1 saturated carbocycles. The summed E-state index contributed by atoms with van der Waals surface area (Å²) in [5.41, 5.74) is 2.61. The van der Waals surface area contributed by atoms with Crippen molar-refractivity contribution in [2.45, 2.75) is 51.4 Å². The summed E-state index contributed by atoms with van der Waals surface area (Å²) in [7, 11) is 0. The van der Waals surface area contributed by atoms with E-state index in [0.29, 0.717) is 17.8 Å². The molecule has 30 heavy (non-hydrogen) atoms. The molecular formula is C27H29FO2. The van der Waals surface area contributed by atoms with Gasteiger partial charge in [0.05, 0.1) is 0 Å². The predicted octanol–water partition coefficient (Wildman–Crippen LogP) is 7.02. The van der Waals surface area contributed by atoms with Crippen molar-refractivity contribution in [1.82, 2.24) is 0 Å². The Hall–Kier alpha value is -2.68. The highest BCUT2D eigenvalue weighted by Crippen LogP contribution is 2.43. The molecule has 0 radical (unpaired) electrons. The molecule has 4 rings (SSSR count). The van der Waals surface area contributed by atoms with Gasteiger partial charge in [-0.1, -0.05) is 49.4 Å². The number of Topliss-reactive ketones (excluding diaryl/α,β-unsaturated/α-hetero) is 1. The molecule has 0 spiro atoms. The number of fused-ring (bicyclic) bond motifs is 1. The molecule has 0 bridgehead atoms. The summed E-state index contributed by atoms with van der Waals surface area (Å²) >= 11 is 0. The van der Waals surface area contributed by atoms with Crippen LogP contribution in [0.1, 0.15) is 62.5 Å². The minimum Gasteiger partial charge on any atom is -0.486 e. The standard InChI is InChI=1S/C27H29FO2/c1-18(24-13-14-27(28)26-6-4-3-5-25(24)26)15-20-7-8-22(16-20)21-9-11-23(12-10-21)30-17-19(2)29/h3-6,9-14,18,20,22H,7-8,15-17H2,1-2H3/t18-,20+,22+/m0/s1. The first kappa shape index (κ1) is 20.6. The molecule has 0 unspecified atom stereocenters. The van der Waals surface area contributed by atoms with E-state index in [2.05, 4.69) is 19.1 Å². The van der Waals surface area contributed by atoms with Gasteiger partial charge in [0.2, 0.25) is 0 Å². The first-order valence-corrected chi connectivity index (χ1v) is 10.9. The van der Waals surface area contributed by atoms with E-state index < -0.39 is 0 Å². The monoisotopic (exact) mass is 404 g/mol. The van der Waals surface area contributed by atoms with E-state index in [-0.39, 0.29) is 18.2 Å². The molecule has 0 aromatic heterocycles. The summed E-state index contributed by atoms with van der Waals surface area (Å²) in [6.07, 6.45) is 4.76. The Labute approximate surface area is 178 Å². The molecule has 1 fully saturated rings. The van der Waals surface area contributed by atoms with Gasteiger partial charge < -0.3 is 4.74 Å². The molecule has 3 heteroatoms. The largest absolute Gasteiger partial charge is 0.486 e. The van der Waals surface area contributed by atoms with Gasteiger partial charge in [-0.05, 0) is 85.1 Å². The lowest BCUT2D eigenvalue weighted by atomic mass is 9.86. The number of carbonyl (C=O) groups excluding carboxylic acids is 1. The van der Waals surface area contributed by atoms with Crippen LogP contribution in [0.15, 0.2) is 60.7 Å². The second kappa shape index (κ2) is 8.99. The number of benzene rings is 3. The van der Waals surface area contributed by atoms with E-state index in [1.807, 2.05) is 42.5 Å². The molecule has 0 heterocycles. The molecule has 3 aromatic carbocycles. The van der Waals surface area contributed by atoms with Crippen LogP contribution >= 0.6 is 0 Å². The van der Waals surface area contributed by atoms with Crippen molar-refractivity contribution in [3.8, 4) is 5.75 Å². The highest BCUT2D eigenvalue weighted by molar-refractivity contribution is 5.86. The summed E-state index contributed by atoms with van der Waals surface area (Å²) in [4.78, 5) is 11.1. The van der Waals surface area contributed by atoms with Crippen LogP contribution in [-0.2, 0) is 4.79 Å². The van der Waals surface area contributed by atoms with Crippen molar-refractivity contribution >= 4 is 16.6 Å². The number of ketones is 1.